The standard InChI is InChI=1S/C18H14BrF3N2/c19-15-7-5-13(6-8-15)12-24-10-9-23-17(24)11-14-3-1-2-4-16(14)18(20,21)22/h1-10H,11-12H2. The van der Waals surface area contributed by atoms with E-state index in [-0.39, 0.29) is 12.0 Å². The summed E-state index contributed by atoms with van der Waals surface area (Å²) in [4.78, 5) is 4.23. The average Bonchev–Trinajstić information content (AvgIpc) is 2.96. The first-order valence-electron chi connectivity index (χ1n) is 7.33. The molecule has 0 bridgehead atoms. The summed E-state index contributed by atoms with van der Waals surface area (Å²) in [5.74, 6) is 0.606. The van der Waals surface area contributed by atoms with Crippen molar-refractivity contribution in [1.82, 2.24) is 9.55 Å². The zero-order chi connectivity index (χ0) is 17.2. The van der Waals surface area contributed by atoms with E-state index in [4.69, 9.17) is 0 Å². The average molecular weight is 395 g/mol. The van der Waals surface area contributed by atoms with Crippen LogP contribution in [0.3, 0.4) is 0 Å². The normalized spacial score (nSPS) is 11.7. The van der Waals surface area contributed by atoms with Gasteiger partial charge in [0.1, 0.15) is 5.82 Å². The Hall–Kier alpha value is -2.08. The molecule has 0 spiro atoms. The number of aromatic nitrogens is 2. The van der Waals surface area contributed by atoms with Crippen LogP contribution in [0.5, 0.6) is 0 Å². The third-order valence-electron chi connectivity index (χ3n) is 3.74. The lowest BCUT2D eigenvalue weighted by Crippen LogP contribution is -2.11. The molecule has 0 aliphatic heterocycles. The van der Waals surface area contributed by atoms with Crippen LogP contribution in [0.1, 0.15) is 22.5 Å². The largest absolute Gasteiger partial charge is 0.416 e. The van der Waals surface area contributed by atoms with Gasteiger partial charge in [0.05, 0.1) is 5.56 Å². The van der Waals surface area contributed by atoms with Crippen LogP contribution in [0.25, 0.3) is 0 Å². The smallest absolute Gasteiger partial charge is 0.330 e. The highest BCUT2D eigenvalue weighted by Gasteiger charge is 2.33. The predicted molar refractivity (Wildman–Crippen MR) is 89.7 cm³/mol. The number of alkyl halides is 3. The van der Waals surface area contributed by atoms with Gasteiger partial charge in [0.15, 0.2) is 0 Å². The molecule has 0 amide bonds. The Bertz CT molecular complexity index is 823. The summed E-state index contributed by atoms with van der Waals surface area (Å²) in [6.07, 6.45) is -0.823. The van der Waals surface area contributed by atoms with Gasteiger partial charge >= 0.3 is 6.18 Å². The van der Waals surface area contributed by atoms with Gasteiger partial charge in [0, 0.05) is 29.8 Å². The molecule has 3 aromatic rings. The van der Waals surface area contributed by atoms with E-state index in [0.717, 1.165) is 16.1 Å². The first-order valence-corrected chi connectivity index (χ1v) is 8.12. The van der Waals surface area contributed by atoms with Crippen molar-refractivity contribution in [3.63, 3.8) is 0 Å². The fourth-order valence-electron chi connectivity index (χ4n) is 2.56. The van der Waals surface area contributed by atoms with Crippen LogP contribution in [-0.2, 0) is 19.1 Å². The molecule has 0 fully saturated rings. The maximum Gasteiger partial charge on any atom is 0.416 e. The SMILES string of the molecule is FC(F)(F)c1ccccc1Cc1nccn1Cc1ccc(Br)cc1. The van der Waals surface area contributed by atoms with Crippen LogP contribution in [0.4, 0.5) is 13.2 Å². The monoisotopic (exact) mass is 394 g/mol. The maximum atomic E-state index is 13.1. The molecule has 0 saturated heterocycles. The lowest BCUT2D eigenvalue weighted by atomic mass is 10.0. The van der Waals surface area contributed by atoms with Crippen molar-refractivity contribution in [2.24, 2.45) is 0 Å². The van der Waals surface area contributed by atoms with Crippen molar-refractivity contribution < 1.29 is 13.2 Å². The first-order chi connectivity index (χ1) is 11.4. The number of imidazole rings is 1. The lowest BCUT2D eigenvalue weighted by molar-refractivity contribution is -0.138. The summed E-state index contributed by atoms with van der Waals surface area (Å²) < 4.78 is 42.2. The van der Waals surface area contributed by atoms with E-state index in [1.165, 1.54) is 12.1 Å². The third kappa shape index (κ3) is 3.87. The number of rotatable bonds is 4. The van der Waals surface area contributed by atoms with Crippen LogP contribution < -0.4 is 0 Å². The van der Waals surface area contributed by atoms with Crippen molar-refractivity contribution >= 4 is 15.9 Å². The zero-order valence-corrected chi connectivity index (χ0v) is 14.2. The second-order valence-electron chi connectivity index (χ2n) is 5.43. The highest BCUT2D eigenvalue weighted by Crippen LogP contribution is 2.32. The molecular weight excluding hydrogens is 381 g/mol. The predicted octanol–water partition coefficient (Wildman–Crippen LogP) is 5.30. The molecule has 0 radical (unpaired) electrons. The molecule has 24 heavy (non-hydrogen) atoms. The Morgan fingerprint density at radius 3 is 2.42 bits per heavy atom. The molecule has 0 saturated carbocycles. The van der Waals surface area contributed by atoms with Gasteiger partial charge in [-0.2, -0.15) is 13.2 Å². The van der Waals surface area contributed by atoms with Crippen LogP contribution in [0, 0.1) is 0 Å². The lowest BCUT2D eigenvalue weighted by Gasteiger charge is -2.13. The van der Waals surface area contributed by atoms with Gasteiger partial charge in [-0.25, -0.2) is 4.98 Å². The Morgan fingerprint density at radius 1 is 1.00 bits per heavy atom. The van der Waals surface area contributed by atoms with Crippen LogP contribution in [-0.4, -0.2) is 9.55 Å². The van der Waals surface area contributed by atoms with Crippen molar-refractivity contribution in [2.45, 2.75) is 19.1 Å². The minimum atomic E-state index is -4.36. The van der Waals surface area contributed by atoms with E-state index in [2.05, 4.69) is 20.9 Å². The second-order valence-corrected chi connectivity index (χ2v) is 6.35. The molecule has 0 aliphatic carbocycles. The summed E-state index contributed by atoms with van der Waals surface area (Å²) in [7, 11) is 0. The summed E-state index contributed by atoms with van der Waals surface area (Å²) in [6.45, 7) is 0.566. The molecule has 0 atom stereocenters. The third-order valence-corrected chi connectivity index (χ3v) is 4.27. The van der Waals surface area contributed by atoms with Crippen LogP contribution in [0.15, 0.2) is 65.4 Å². The molecule has 2 aromatic carbocycles. The summed E-state index contributed by atoms with van der Waals surface area (Å²) in [6, 6.07) is 13.4. The van der Waals surface area contributed by atoms with E-state index in [9.17, 15) is 13.2 Å². The summed E-state index contributed by atoms with van der Waals surface area (Å²) >= 11 is 3.38. The van der Waals surface area contributed by atoms with Gasteiger partial charge in [-0.3, -0.25) is 0 Å². The van der Waals surface area contributed by atoms with Gasteiger partial charge in [-0.1, -0.05) is 46.3 Å². The fraction of sp³-hybridized carbons (Fsp3) is 0.167. The molecule has 1 heterocycles. The van der Waals surface area contributed by atoms with Crippen LogP contribution >= 0.6 is 15.9 Å². The summed E-state index contributed by atoms with van der Waals surface area (Å²) in [5, 5.41) is 0. The molecule has 3 rings (SSSR count). The minimum absolute atomic E-state index is 0.138. The topological polar surface area (TPSA) is 17.8 Å². The Balaban J connectivity index is 1.85. The molecule has 1 aromatic heterocycles. The molecule has 124 valence electrons. The van der Waals surface area contributed by atoms with E-state index in [0.29, 0.717) is 12.4 Å². The van der Waals surface area contributed by atoms with E-state index < -0.39 is 11.7 Å². The molecule has 0 aliphatic rings. The molecule has 2 nitrogen and oxygen atoms in total. The van der Waals surface area contributed by atoms with Crippen molar-refractivity contribution in [2.75, 3.05) is 0 Å². The van der Waals surface area contributed by atoms with E-state index in [1.54, 1.807) is 18.5 Å². The molecular formula is C18H14BrF3N2. The number of hydrogen-bond donors (Lipinski definition) is 0. The fourth-order valence-corrected chi connectivity index (χ4v) is 2.82. The van der Waals surface area contributed by atoms with Crippen LogP contribution in [0.2, 0.25) is 0 Å². The Kier molecular flexibility index (Phi) is 4.76. The number of hydrogen-bond acceptors (Lipinski definition) is 1. The number of halogens is 4. The second kappa shape index (κ2) is 6.81. The van der Waals surface area contributed by atoms with Crippen molar-refractivity contribution in [3.05, 3.63) is 87.9 Å². The van der Waals surface area contributed by atoms with Crippen molar-refractivity contribution in [1.29, 1.82) is 0 Å². The van der Waals surface area contributed by atoms with E-state index in [1.807, 2.05) is 28.8 Å². The Labute approximate surface area is 146 Å². The minimum Gasteiger partial charge on any atom is -0.330 e. The molecule has 0 N–H and O–H groups in total. The highest BCUT2D eigenvalue weighted by molar-refractivity contribution is 9.10. The van der Waals surface area contributed by atoms with Gasteiger partial charge in [-0.15, -0.1) is 0 Å². The first kappa shape index (κ1) is 16.8. The Morgan fingerprint density at radius 2 is 1.71 bits per heavy atom. The van der Waals surface area contributed by atoms with E-state index >= 15 is 0 Å². The van der Waals surface area contributed by atoms with Crippen molar-refractivity contribution in [3.8, 4) is 0 Å². The van der Waals surface area contributed by atoms with Gasteiger partial charge in [0.2, 0.25) is 0 Å². The quantitative estimate of drug-likeness (QED) is 0.586. The molecule has 0 unspecified atom stereocenters. The highest BCUT2D eigenvalue weighted by atomic mass is 79.9. The van der Waals surface area contributed by atoms with Gasteiger partial charge in [-0.05, 0) is 29.3 Å². The summed E-state index contributed by atoms with van der Waals surface area (Å²) in [5.41, 5.74) is 0.679. The number of nitrogens with zero attached hydrogens (tertiary/aromatic N) is 2. The molecule has 6 heteroatoms. The van der Waals surface area contributed by atoms with Gasteiger partial charge in [0.25, 0.3) is 0 Å². The zero-order valence-electron chi connectivity index (χ0n) is 12.6. The number of benzene rings is 2. The maximum absolute atomic E-state index is 13.1. The van der Waals surface area contributed by atoms with Gasteiger partial charge < -0.3 is 4.57 Å².